The van der Waals surface area contributed by atoms with Crippen molar-refractivity contribution in [3.8, 4) is 5.75 Å². The molecule has 2 rings (SSSR count). The number of nitrogens with zero attached hydrogens (tertiary/aromatic N) is 2. The first-order chi connectivity index (χ1) is 11.3. The quantitative estimate of drug-likeness (QED) is 0.797. The fraction of sp³-hybridized carbons (Fsp3) is 0.375. The number of nitrogens with one attached hydrogen (secondary N) is 2. The van der Waals surface area contributed by atoms with E-state index in [4.69, 9.17) is 4.74 Å². The second-order valence-corrected chi connectivity index (χ2v) is 7.49. The van der Waals surface area contributed by atoms with Crippen molar-refractivity contribution < 1.29 is 13.2 Å². The van der Waals surface area contributed by atoms with Crippen LogP contribution in [-0.4, -0.2) is 32.3 Å². The summed E-state index contributed by atoms with van der Waals surface area (Å²) in [6.45, 7) is 6.74. The molecule has 130 valence electrons. The fourth-order valence-corrected chi connectivity index (χ4v) is 3.23. The van der Waals surface area contributed by atoms with E-state index in [1.807, 2.05) is 6.92 Å². The Morgan fingerprint density at radius 3 is 2.38 bits per heavy atom. The first kappa shape index (κ1) is 18.0. The predicted molar refractivity (Wildman–Crippen MR) is 93.9 cm³/mol. The summed E-state index contributed by atoms with van der Waals surface area (Å²) in [7, 11) is -2.39. The summed E-state index contributed by atoms with van der Waals surface area (Å²) in [5, 5.41) is 11.0. The third-order valence-electron chi connectivity index (χ3n) is 3.20. The van der Waals surface area contributed by atoms with Gasteiger partial charge in [0.2, 0.25) is 0 Å². The molecule has 1 aromatic carbocycles. The molecule has 24 heavy (non-hydrogen) atoms. The maximum absolute atomic E-state index is 12.6. The molecule has 0 amide bonds. The van der Waals surface area contributed by atoms with Gasteiger partial charge < -0.3 is 10.1 Å². The highest BCUT2D eigenvalue weighted by Crippen LogP contribution is 2.26. The number of sulfonamides is 1. The minimum atomic E-state index is -3.82. The molecule has 2 N–H and O–H groups in total. The Morgan fingerprint density at radius 2 is 1.79 bits per heavy atom. The largest absolute Gasteiger partial charge is 0.495 e. The molecule has 8 heteroatoms. The summed E-state index contributed by atoms with van der Waals surface area (Å²) in [4.78, 5) is 0.0637. The van der Waals surface area contributed by atoms with Crippen molar-refractivity contribution in [2.45, 2.75) is 25.7 Å². The third-order valence-corrected chi connectivity index (χ3v) is 4.58. The van der Waals surface area contributed by atoms with Crippen LogP contribution in [0.1, 0.15) is 19.4 Å². The van der Waals surface area contributed by atoms with Gasteiger partial charge in [0.1, 0.15) is 16.5 Å². The molecule has 0 saturated heterocycles. The standard InChI is InChI=1S/C16H22N4O3S/c1-11(2)10-17-15-7-8-16(19-18-15)20-24(21,22)14-9-12(3)5-6-13(14)23-4/h5-9,11H,10H2,1-4H3,(H,17,18)(H,19,20). The van der Waals surface area contributed by atoms with Crippen molar-refractivity contribution in [2.24, 2.45) is 5.92 Å². The van der Waals surface area contributed by atoms with Gasteiger partial charge in [0.05, 0.1) is 7.11 Å². The van der Waals surface area contributed by atoms with Crippen molar-refractivity contribution in [2.75, 3.05) is 23.7 Å². The summed E-state index contributed by atoms with van der Waals surface area (Å²) < 4.78 is 32.7. The summed E-state index contributed by atoms with van der Waals surface area (Å²) >= 11 is 0. The van der Waals surface area contributed by atoms with Crippen molar-refractivity contribution in [3.63, 3.8) is 0 Å². The smallest absolute Gasteiger partial charge is 0.266 e. The van der Waals surface area contributed by atoms with Gasteiger partial charge in [-0.1, -0.05) is 19.9 Å². The number of hydrogen-bond acceptors (Lipinski definition) is 6. The highest BCUT2D eigenvalue weighted by atomic mass is 32.2. The third kappa shape index (κ3) is 4.58. The van der Waals surface area contributed by atoms with Crippen molar-refractivity contribution >= 4 is 21.7 Å². The molecule has 0 spiro atoms. The lowest BCUT2D eigenvalue weighted by Crippen LogP contribution is -2.16. The molecular formula is C16H22N4O3S. The average molecular weight is 350 g/mol. The van der Waals surface area contributed by atoms with Crippen molar-refractivity contribution in [1.29, 1.82) is 0 Å². The molecule has 2 aromatic rings. The van der Waals surface area contributed by atoms with Crippen molar-refractivity contribution in [1.82, 2.24) is 10.2 Å². The van der Waals surface area contributed by atoms with E-state index >= 15 is 0 Å². The van der Waals surface area contributed by atoms with Crippen LogP contribution in [0.25, 0.3) is 0 Å². The van der Waals surface area contributed by atoms with Crippen LogP contribution in [0.3, 0.4) is 0 Å². The topological polar surface area (TPSA) is 93.2 Å². The van der Waals surface area contributed by atoms with Crippen molar-refractivity contribution in [3.05, 3.63) is 35.9 Å². The minimum Gasteiger partial charge on any atom is -0.495 e. The molecular weight excluding hydrogens is 328 g/mol. The zero-order chi connectivity index (χ0) is 17.7. The van der Waals surface area contributed by atoms with E-state index in [9.17, 15) is 8.42 Å². The lowest BCUT2D eigenvalue weighted by atomic mass is 10.2. The summed E-state index contributed by atoms with van der Waals surface area (Å²) in [6, 6.07) is 8.20. The van der Waals surface area contributed by atoms with Gasteiger partial charge in [-0.3, -0.25) is 4.72 Å². The minimum absolute atomic E-state index is 0.0637. The first-order valence-electron chi connectivity index (χ1n) is 7.57. The van der Waals surface area contributed by atoms with E-state index in [0.717, 1.165) is 12.1 Å². The van der Waals surface area contributed by atoms with Crippen LogP contribution in [0, 0.1) is 12.8 Å². The second-order valence-electron chi connectivity index (χ2n) is 5.84. The Hall–Kier alpha value is -2.35. The summed E-state index contributed by atoms with van der Waals surface area (Å²) in [5.41, 5.74) is 0.815. The Labute approximate surface area is 142 Å². The van der Waals surface area contributed by atoms with Crippen LogP contribution in [0.4, 0.5) is 11.6 Å². The number of benzene rings is 1. The van der Waals surface area contributed by atoms with E-state index in [1.165, 1.54) is 7.11 Å². The molecule has 1 aromatic heterocycles. The molecule has 0 bridgehead atoms. The Kier molecular flexibility index (Phi) is 5.61. The van der Waals surface area contributed by atoms with E-state index in [2.05, 4.69) is 34.1 Å². The van der Waals surface area contributed by atoms with Gasteiger partial charge in [-0.2, -0.15) is 0 Å². The molecule has 0 radical (unpaired) electrons. The molecule has 0 saturated carbocycles. The van der Waals surface area contributed by atoms with Crippen LogP contribution in [0.2, 0.25) is 0 Å². The predicted octanol–water partition coefficient (Wildman–Crippen LogP) is 2.66. The maximum atomic E-state index is 12.6. The molecule has 7 nitrogen and oxygen atoms in total. The SMILES string of the molecule is COc1ccc(C)cc1S(=O)(=O)Nc1ccc(NCC(C)C)nn1. The van der Waals surface area contributed by atoms with Crippen LogP contribution >= 0.6 is 0 Å². The number of aromatic nitrogens is 2. The first-order valence-corrected chi connectivity index (χ1v) is 9.05. The van der Waals surface area contributed by atoms with Gasteiger partial charge >= 0.3 is 0 Å². The molecule has 0 aliphatic rings. The van der Waals surface area contributed by atoms with Gasteiger partial charge in [0, 0.05) is 6.54 Å². The number of rotatable bonds is 7. The van der Waals surface area contributed by atoms with E-state index in [1.54, 1.807) is 30.3 Å². The number of anilines is 2. The zero-order valence-electron chi connectivity index (χ0n) is 14.2. The maximum Gasteiger partial charge on any atom is 0.266 e. The zero-order valence-corrected chi connectivity index (χ0v) is 15.0. The summed E-state index contributed by atoms with van der Waals surface area (Å²) in [6.07, 6.45) is 0. The number of methoxy groups -OCH3 is 1. The number of hydrogen-bond donors (Lipinski definition) is 2. The molecule has 0 fully saturated rings. The highest BCUT2D eigenvalue weighted by Gasteiger charge is 2.20. The fourth-order valence-electron chi connectivity index (χ4n) is 1.98. The van der Waals surface area contributed by atoms with Gasteiger partial charge in [-0.25, -0.2) is 8.42 Å². The Balaban J connectivity index is 2.19. The van der Waals surface area contributed by atoms with E-state index in [-0.39, 0.29) is 16.5 Å². The lowest BCUT2D eigenvalue weighted by Gasteiger charge is -2.12. The van der Waals surface area contributed by atoms with Gasteiger partial charge in [0.15, 0.2) is 5.82 Å². The van der Waals surface area contributed by atoms with E-state index in [0.29, 0.717) is 11.7 Å². The molecule has 0 unspecified atom stereocenters. The lowest BCUT2D eigenvalue weighted by molar-refractivity contribution is 0.402. The number of aryl methyl sites for hydroxylation is 1. The van der Waals surface area contributed by atoms with Gasteiger partial charge in [-0.15, -0.1) is 10.2 Å². The molecule has 0 aliphatic carbocycles. The summed E-state index contributed by atoms with van der Waals surface area (Å²) in [5.74, 6) is 1.49. The van der Waals surface area contributed by atoms with Crippen LogP contribution in [0.5, 0.6) is 5.75 Å². The van der Waals surface area contributed by atoms with Crippen LogP contribution < -0.4 is 14.8 Å². The Bertz CT molecular complexity index is 789. The molecule has 1 heterocycles. The molecule has 0 atom stereocenters. The molecule has 0 aliphatic heterocycles. The van der Waals surface area contributed by atoms with Gasteiger partial charge in [0.25, 0.3) is 10.0 Å². The van der Waals surface area contributed by atoms with Gasteiger partial charge in [-0.05, 0) is 42.7 Å². The average Bonchev–Trinajstić information content (AvgIpc) is 2.54. The van der Waals surface area contributed by atoms with Crippen LogP contribution in [0.15, 0.2) is 35.2 Å². The second kappa shape index (κ2) is 7.48. The normalized spacial score (nSPS) is 11.4. The Morgan fingerprint density at radius 1 is 1.12 bits per heavy atom. The highest BCUT2D eigenvalue weighted by molar-refractivity contribution is 7.92. The van der Waals surface area contributed by atoms with Crippen LogP contribution in [-0.2, 0) is 10.0 Å². The monoisotopic (exact) mass is 350 g/mol. The van der Waals surface area contributed by atoms with E-state index < -0.39 is 10.0 Å². The number of ether oxygens (including phenoxy) is 1.